The molecule has 0 saturated carbocycles. The number of hydrogen-bond acceptors (Lipinski definition) is 4. The second-order valence-corrected chi connectivity index (χ2v) is 5.86. The van der Waals surface area contributed by atoms with Crippen molar-refractivity contribution in [3.8, 4) is 6.07 Å². The average Bonchev–Trinajstić information content (AvgIpc) is 2.65. The standard InChI is InChI=1S/C21H20N2O3/c1-15-7-9-17(10-8-15)11-19(12-22)21(25)26-14-20(24)23-13-18-6-4-3-5-16(18)2/h3-11H,13-14H2,1-2H3,(H,23,24)/b19-11+. The van der Waals surface area contributed by atoms with Crippen LogP contribution in [0, 0.1) is 25.2 Å². The molecule has 1 N–H and O–H groups in total. The molecule has 2 aromatic rings. The van der Waals surface area contributed by atoms with Crippen molar-refractivity contribution in [3.05, 3.63) is 76.4 Å². The lowest BCUT2D eigenvalue weighted by molar-refractivity contribution is -0.144. The molecular weight excluding hydrogens is 328 g/mol. The number of hydrogen-bond donors (Lipinski definition) is 1. The fourth-order valence-electron chi connectivity index (χ4n) is 2.23. The first kappa shape index (κ1) is 18.9. The first-order valence-corrected chi connectivity index (χ1v) is 8.16. The highest BCUT2D eigenvalue weighted by atomic mass is 16.5. The molecule has 0 atom stereocenters. The van der Waals surface area contributed by atoms with Gasteiger partial charge in [-0.25, -0.2) is 4.79 Å². The molecule has 0 aliphatic rings. The van der Waals surface area contributed by atoms with E-state index in [0.29, 0.717) is 12.1 Å². The quantitative estimate of drug-likeness (QED) is 0.494. The van der Waals surface area contributed by atoms with Gasteiger partial charge in [0.05, 0.1) is 0 Å². The number of nitrogens with zero attached hydrogens (tertiary/aromatic N) is 1. The Hall–Kier alpha value is -3.39. The number of esters is 1. The second kappa shape index (κ2) is 9.19. The summed E-state index contributed by atoms with van der Waals surface area (Å²) in [7, 11) is 0. The molecule has 0 heterocycles. The number of ether oxygens (including phenoxy) is 1. The number of carbonyl (C=O) groups excluding carboxylic acids is 2. The van der Waals surface area contributed by atoms with Gasteiger partial charge in [-0.2, -0.15) is 5.26 Å². The SMILES string of the molecule is Cc1ccc(/C=C(\C#N)C(=O)OCC(=O)NCc2ccccc2C)cc1. The van der Waals surface area contributed by atoms with Gasteiger partial charge in [-0.1, -0.05) is 54.1 Å². The van der Waals surface area contributed by atoms with Crippen molar-refractivity contribution >= 4 is 18.0 Å². The summed E-state index contributed by atoms with van der Waals surface area (Å²) < 4.78 is 4.93. The third-order valence-corrected chi connectivity index (χ3v) is 3.80. The molecule has 5 heteroatoms. The van der Waals surface area contributed by atoms with Crippen molar-refractivity contribution in [3.63, 3.8) is 0 Å². The maximum atomic E-state index is 12.0. The van der Waals surface area contributed by atoms with E-state index < -0.39 is 18.5 Å². The lowest BCUT2D eigenvalue weighted by atomic mass is 10.1. The minimum absolute atomic E-state index is 0.152. The summed E-state index contributed by atoms with van der Waals surface area (Å²) in [6.45, 7) is 3.82. The smallest absolute Gasteiger partial charge is 0.349 e. The van der Waals surface area contributed by atoms with Gasteiger partial charge in [0.2, 0.25) is 0 Å². The predicted octanol–water partition coefficient (Wildman–Crippen LogP) is 3.07. The Morgan fingerprint density at radius 3 is 2.46 bits per heavy atom. The zero-order valence-electron chi connectivity index (χ0n) is 14.8. The number of carbonyl (C=O) groups is 2. The van der Waals surface area contributed by atoms with Gasteiger partial charge in [-0.15, -0.1) is 0 Å². The molecule has 0 unspecified atom stereocenters. The molecule has 0 aromatic heterocycles. The van der Waals surface area contributed by atoms with Crippen molar-refractivity contribution in [1.82, 2.24) is 5.32 Å². The molecule has 0 bridgehead atoms. The molecule has 0 aliphatic carbocycles. The van der Waals surface area contributed by atoms with E-state index >= 15 is 0 Å². The number of amides is 1. The van der Waals surface area contributed by atoms with Crippen molar-refractivity contribution in [2.24, 2.45) is 0 Å². The van der Waals surface area contributed by atoms with Crippen LogP contribution < -0.4 is 5.32 Å². The summed E-state index contributed by atoms with van der Waals surface area (Å²) in [6, 6.07) is 16.9. The third-order valence-electron chi connectivity index (χ3n) is 3.80. The van der Waals surface area contributed by atoms with E-state index in [9.17, 15) is 9.59 Å². The Balaban J connectivity index is 1.88. The lowest BCUT2D eigenvalue weighted by Gasteiger charge is -2.08. The fraction of sp³-hybridized carbons (Fsp3) is 0.190. The van der Waals surface area contributed by atoms with E-state index in [1.54, 1.807) is 12.1 Å². The molecule has 2 rings (SSSR count). The summed E-state index contributed by atoms with van der Waals surface area (Å²) in [5.41, 5.74) is 3.70. The highest BCUT2D eigenvalue weighted by molar-refractivity contribution is 5.98. The van der Waals surface area contributed by atoms with Crippen LogP contribution in [-0.4, -0.2) is 18.5 Å². The Labute approximate surface area is 152 Å². The van der Waals surface area contributed by atoms with Crippen LogP contribution in [-0.2, 0) is 20.9 Å². The molecule has 0 spiro atoms. The monoisotopic (exact) mass is 348 g/mol. The van der Waals surface area contributed by atoms with Gasteiger partial charge in [-0.05, 0) is 36.6 Å². The first-order valence-electron chi connectivity index (χ1n) is 8.16. The summed E-state index contributed by atoms with van der Waals surface area (Å²) in [6.07, 6.45) is 1.44. The normalized spacial score (nSPS) is 10.7. The number of aryl methyl sites for hydroxylation is 2. The summed E-state index contributed by atoms with van der Waals surface area (Å²) in [5, 5.41) is 11.8. The second-order valence-electron chi connectivity index (χ2n) is 5.86. The third kappa shape index (κ3) is 5.60. The van der Waals surface area contributed by atoms with E-state index in [2.05, 4.69) is 5.32 Å². The lowest BCUT2D eigenvalue weighted by Crippen LogP contribution is -2.28. The molecule has 0 radical (unpaired) electrons. The zero-order chi connectivity index (χ0) is 18.9. The van der Waals surface area contributed by atoms with Gasteiger partial charge in [0, 0.05) is 6.54 Å². The Morgan fingerprint density at radius 1 is 1.12 bits per heavy atom. The molecule has 2 aromatic carbocycles. The van der Waals surface area contributed by atoms with Gasteiger partial charge in [0.15, 0.2) is 6.61 Å². The zero-order valence-corrected chi connectivity index (χ0v) is 14.8. The first-order chi connectivity index (χ1) is 12.5. The molecule has 132 valence electrons. The topological polar surface area (TPSA) is 79.2 Å². The Bertz CT molecular complexity index is 862. The van der Waals surface area contributed by atoms with Crippen LogP contribution in [0.25, 0.3) is 6.08 Å². The fourth-order valence-corrected chi connectivity index (χ4v) is 2.23. The van der Waals surface area contributed by atoms with Gasteiger partial charge in [0.1, 0.15) is 11.6 Å². The van der Waals surface area contributed by atoms with E-state index in [4.69, 9.17) is 10.00 Å². The van der Waals surface area contributed by atoms with Crippen LogP contribution in [0.1, 0.15) is 22.3 Å². The van der Waals surface area contributed by atoms with Gasteiger partial charge < -0.3 is 10.1 Å². The minimum Gasteiger partial charge on any atom is -0.451 e. The van der Waals surface area contributed by atoms with Crippen LogP contribution in [0.2, 0.25) is 0 Å². The number of nitrogens with one attached hydrogen (secondary N) is 1. The molecule has 0 aliphatic heterocycles. The van der Waals surface area contributed by atoms with Crippen LogP contribution in [0.4, 0.5) is 0 Å². The maximum Gasteiger partial charge on any atom is 0.349 e. The van der Waals surface area contributed by atoms with Gasteiger partial charge >= 0.3 is 5.97 Å². The Kier molecular flexibility index (Phi) is 6.69. The largest absolute Gasteiger partial charge is 0.451 e. The van der Waals surface area contributed by atoms with E-state index in [1.165, 1.54) is 6.08 Å². The predicted molar refractivity (Wildman–Crippen MR) is 98.8 cm³/mol. The number of rotatable bonds is 6. The molecule has 26 heavy (non-hydrogen) atoms. The molecule has 5 nitrogen and oxygen atoms in total. The maximum absolute atomic E-state index is 12.0. The average molecular weight is 348 g/mol. The van der Waals surface area contributed by atoms with Crippen molar-refractivity contribution in [1.29, 1.82) is 5.26 Å². The van der Waals surface area contributed by atoms with Gasteiger partial charge in [-0.3, -0.25) is 4.79 Å². The van der Waals surface area contributed by atoms with E-state index in [-0.39, 0.29) is 5.57 Å². The number of benzene rings is 2. The van der Waals surface area contributed by atoms with Crippen LogP contribution >= 0.6 is 0 Å². The van der Waals surface area contributed by atoms with Gasteiger partial charge in [0.25, 0.3) is 5.91 Å². The van der Waals surface area contributed by atoms with Crippen LogP contribution in [0.5, 0.6) is 0 Å². The van der Waals surface area contributed by atoms with E-state index in [1.807, 2.05) is 56.3 Å². The summed E-state index contributed by atoms with van der Waals surface area (Å²) >= 11 is 0. The van der Waals surface area contributed by atoms with E-state index in [0.717, 1.165) is 16.7 Å². The summed E-state index contributed by atoms with van der Waals surface area (Å²) in [4.78, 5) is 23.8. The van der Waals surface area contributed by atoms with Crippen molar-refractivity contribution < 1.29 is 14.3 Å². The molecule has 0 fully saturated rings. The Morgan fingerprint density at radius 2 is 1.81 bits per heavy atom. The summed E-state index contributed by atoms with van der Waals surface area (Å²) in [5.74, 6) is -1.24. The van der Waals surface area contributed by atoms with Crippen molar-refractivity contribution in [2.75, 3.05) is 6.61 Å². The highest BCUT2D eigenvalue weighted by Crippen LogP contribution is 2.10. The van der Waals surface area contributed by atoms with Crippen LogP contribution in [0.15, 0.2) is 54.1 Å². The molecule has 0 saturated heterocycles. The molecule has 1 amide bonds. The minimum atomic E-state index is -0.820. The number of nitriles is 1. The van der Waals surface area contributed by atoms with Crippen molar-refractivity contribution in [2.45, 2.75) is 20.4 Å². The van der Waals surface area contributed by atoms with Crippen LogP contribution in [0.3, 0.4) is 0 Å². The molecular formula is C21H20N2O3. The highest BCUT2D eigenvalue weighted by Gasteiger charge is 2.13.